The zero-order valence-corrected chi connectivity index (χ0v) is 12.7. The Hall–Kier alpha value is -2.23. The lowest BCUT2D eigenvalue weighted by Crippen LogP contribution is -2.12. The number of hydrogen-bond donors (Lipinski definition) is 0. The number of para-hydroxylation sites is 1. The van der Waals surface area contributed by atoms with Crippen molar-refractivity contribution in [2.45, 2.75) is 23.5 Å². The molecule has 0 fully saturated rings. The van der Waals surface area contributed by atoms with Crippen LogP contribution in [-0.2, 0) is 11.9 Å². The van der Waals surface area contributed by atoms with Crippen LogP contribution in [0.5, 0.6) is 0 Å². The number of rotatable bonds is 4. The van der Waals surface area contributed by atoms with Crippen LogP contribution in [0.1, 0.15) is 18.2 Å². The van der Waals surface area contributed by atoms with Crippen molar-refractivity contribution in [3.63, 3.8) is 0 Å². The number of thioether (sulfide) groups is 1. The minimum absolute atomic E-state index is 0.0460. The maximum atomic E-state index is 12.9. The third-order valence-corrected chi connectivity index (χ3v) is 4.11. The number of halogens is 5. The monoisotopic (exact) mass is 360 g/mol. The summed E-state index contributed by atoms with van der Waals surface area (Å²) in [5.41, 5.74) is 0.138. The molecule has 4 nitrogen and oxygen atoms in total. The Labute approximate surface area is 136 Å². The summed E-state index contributed by atoms with van der Waals surface area (Å²) in [4.78, 5) is 10.9. The number of aromatic nitrogens is 4. The first-order valence-electron chi connectivity index (χ1n) is 6.63. The van der Waals surface area contributed by atoms with Crippen molar-refractivity contribution in [2.24, 2.45) is 0 Å². The topological polar surface area (TPSA) is 43.6 Å². The Bertz CT molecular complexity index is 862. The second kappa shape index (κ2) is 6.34. The van der Waals surface area contributed by atoms with E-state index in [0.717, 1.165) is 18.0 Å². The van der Waals surface area contributed by atoms with Crippen LogP contribution < -0.4 is 0 Å². The normalized spacial score (nSPS) is 12.2. The minimum atomic E-state index is -4.69. The lowest BCUT2D eigenvalue weighted by atomic mass is 10.2. The van der Waals surface area contributed by atoms with Gasteiger partial charge in [-0.25, -0.2) is 15.0 Å². The van der Waals surface area contributed by atoms with Gasteiger partial charge in [-0.15, -0.1) is 0 Å². The fraction of sp³-hybridized carbons (Fsp3) is 0.214. The summed E-state index contributed by atoms with van der Waals surface area (Å²) in [6.07, 6.45) is -2.37. The predicted molar refractivity (Wildman–Crippen MR) is 77.6 cm³/mol. The van der Waals surface area contributed by atoms with Crippen molar-refractivity contribution in [1.29, 1.82) is 0 Å². The number of alkyl halides is 5. The standard InChI is InChI=1S/C14H9F5N4S/c15-13(16)23-6-5-20-10(23)7-24-11-8-3-1-2-4-9(8)21-12(22-11)14(17,18)19/h1-6,13H,7H2. The molecule has 3 aromatic rings. The zero-order valence-electron chi connectivity index (χ0n) is 11.8. The van der Waals surface area contributed by atoms with Gasteiger partial charge in [-0.1, -0.05) is 30.0 Å². The molecule has 126 valence electrons. The number of benzene rings is 1. The average molecular weight is 360 g/mol. The summed E-state index contributed by atoms with van der Waals surface area (Å²) in [5.74, 6) is -1.26. The van der Waals surface area contributed by atoms with Gasteiger partial charge in [0, 0.05) is 17.8 Å². The molecule has 2 heterocycles. The molecule has 0 saturated carbocycles. The first-order valence-corrected chi connectivity index (χ1v) is 7.61. The highest BCUT2D eigenvalue weighted by Gasteiger charge is 2.35. The van der Waals surface area contributed by atoms with Crippen molar-refractivity contribution >= 4 is 22.7 Å². The summed E-state index contributed by atoms with van der Waals surface area (Å²) in [6.45, 7) is -2.77. The van der Waals surface area contributed by atoms with Gasteiger partial charge in [-0.05, 0) is 6.07 Å². The lowest BCUT2D eigenvalue weighted by Gasteiger charge is -2.10. The molecule has 0 amide bonds. The van der Waals surface area contributed by atoms with Crippen LogP contribution in [0.25, 0.3) is 10.9 Å². The van der Waals surface area contributed by atoms with Crippen LogP contribution >= 0.6 is 11.8 Å². The summed E-state index contributed by atoms with van der Waals surface area (Å²) in [6, 6.07) is 6.23. The summed E-state index contributed by atoms with van der Waals surface area (Å²) >= 11 is 0.902. The summed E-state index contributed by atoms with van der Waals surface area (Å²) < 4.78 is 65.0. The fourth-order valence-electron chi connectivity index (χ4n) is 2.05. The van der Waals surface area contributed by atoms with Crippen LogP contribution in [0.15, 0.2) is 41.7 Å². The first-order chi connectivity index (χ1) is 11.4. The van der Waals surface area contributed by atoms with Crippen molar-refractivity contribution < 1.29 is 22.0 Å². The minimum Gasteiger partial charge on any atom is -0.277 e. The quantitative estimate of drug-likeness (QED) is 0.389. The molecule has 0 aliphatic carbocycles. The molecular weight excluding hydrogens is 351 g/mol. The molecule has 10 heteroatoms. The molecule has 24 heavy (non-hydrogen) atoms. The maximum absolute atomic E-state index is 12.9. The average Bonchev–Trinajstić information content (AvgIpc) is 3.00. The molecule has 0 atom stereocenters. The number of fused-ring (bicyclic) bond motifs is 1. The smallest absolute Gasteiger partial charge is 0.277 e. The van der Waals surface area contributed by atoms with E-state index in [4.69, 9.17) is 0 Å². The molecule has 2 aromatic heterocycles. The second-order valence-electron chi connectivity index (χ2n) is 4.68. The van der Waals surface area contributed by atoms with Crippen molar-refractivity contribution in [3.05, 3.63) is 48.3 Å². The molecule has 3 rings (SSSR count). The fourth-order valence-corrected chi connectivity index (χ4v) is 3.02. The van der Waals surface area contributed by atoms with Gasteiger partial charge in [0.25, 0.3) is 0 Å². The van der Waals surface area contributed by atoms with Gasteiger partial charge in [0.05, 0.1) is 11.3 Å². The molecule has 0 N–H and O–H groups in total. The van der Waals surface area contributed by atoms with E-state index in [0.29, 0.717) is 9.95 Å². The van der Waals surface area contributed by atoms with E-state index < -0.39 is 18.6 Å². The Morgan fingerprint density at radius 1 is 1.12 bits per heavy atom. The molecule has 0 aliphatic heterocycles. The molecular formula is C14H9F5N4S. The maximum Gasteiger partial charge on any atom is 0.451 e. The van der Waals surface area contributed by atoms with Gasteiger partial charge < -0.3 is 0 Å². The Morgan fingerprint density at radius 2 is 1.88 bits per heavy atom. The van der Waals surface area contributed by atoms with E-state index in [-0.39, 0.29) is 22.1 Å². The number of nitrogens with zero attached hydrogens (tertiary/aromatic N) is 4. The molecule has 0 saturated heterocycles. The molecule has 0 aliphatic rings. The zero-order chi connectivity index (χ0) is 17.3. The summed E-state index contributed by atoms with van der Waals surface area (Å²) in [7, 11) is 0. The lowest BCUT2D eigenvalue weighted by molar-refractivity contribution is -0.145. The van der Waals surface area contributed by atoms with Gasteiger partial charge in [0.15, 0.2) is 0 Å². The predicted octanol–water partition coefficient (Wildman–Crippen LogP) is 4.53. The molecule has 0 unspecified atom stereocenters. The molecule has 1 aromatic carbocycles. The van der Waals surface area contributed by atoms with Crippen molar-refractivity contribution in [1.82, 2.24) is 19.5 Å². The molecule has 0 bridgehead atoms. The largest absolute Gasteiger partial charge is 0.451 e. The van der Waals surface area contributed by atoms with Crippen LogP contribution in [0, 0.1) is 0 Å². The van der Waals surface area contributed by atoms with E-state index in [2.05, 4.69) is 15.0 Å². The highest BCUT2D eigenvalue weighted by Crippen LogP contribution is 2.33. The van der Waals surface area contributed by atoms with E-state index in [1.807, 2.05) is 0 Å². The van der Waals surface area contributed by atoms with Gasteiger partial charge in [-0.3, -0.25) is 4.57 Å². The van der Waals surface area contributed by atoms with Crippen LogP contribution in [0.4, 0.5) is 22.0 Å². The summed E-state index contributed by atoms with van der Waals surface area (Å²) in [5, 5.41) is 0.488. The van der Waals surface area contributed by atoms with E-state index in [1.54, 1.807) is 18.2 Å². The first kappa shape index (κ1) is 16.6. The van der Waals surface area contributed by atoms with E-state index in [1.165, 1.54) is 12.3 Å². The molecule has 0 radical (unpaired) electrons. The highest BCUT2D eigenvalue weighted by molar-refractivity contribution is 7.98. The van der Waals surface area contributed by atoms with Gasteiger partial charge in [-0.2, -0.15) is 22.0 Å². The highest BCUT2D eigenvalue weighted by atomic mass is 32.2. The third-order valence-electron chi connectivity index (χ3n) is 3.12. The SMILES string of the molecule is FC(F)n1ccnc1CSc1nc(C(F)(F)F)nc2ccccc12. The van der Waals surface area contributed by atoms with Crippen molar-refractivity contribution in [3.8, 4) is 0 Å². The molecule has 0 spiro atoms. The Morgan fingerprint density at radius 3 is 2.58 bits per heavy atom. The van der Waals surface area contributed by atoms with Gasteiger partial charge in [0.2, 0.25) is 5.82 Å². The van der Waals surface area contributed by atoms with Crippen LogP contribution in [-0.4, -0.2) is 19.5 Å². The number of imidazole rings is 1. The van der Waals surface area contributed by atoms with E-state index in [9.17, 15) is 22.0 Å². The second-order valence-corrected chi connectivity index (χ2v) is 5.65. The Balaban J connectivity index is 1.97. The van der Waals surface area contributed by atoms with Gasteiger partial charge in [0.1, 0.15) is 10.9 Å². The van der Waals surface area contributed by atoms with Crippen LogP contribution in [0.2, 0.25) is 0 Å². The Kier molecular flexibility index (Phi) is 4.39. The number of hydrogen-bond acceptors (Lipinski definition) is 4. The van der Waals surface area contributed by atoms with Gasteiger partial charge >= 0.3 is 12.7 Å². The van der Waals surface area contributed by atoms with E-state index >= 15 is 0 Å². The van der Waals surface area contributed by atoms with Crippen molar-refractivity contribution in [2.75, 3.05) is 0 Å². The third kappa shape index (κ3) is 3.32. The van der Waals surface area contributed by atoms with Crippen LogP contribution in [0.3, 0.4) is 0 Å².